The van der Waals surface area contributed by atoms with Gasteiger partial charge in [-0.15, -0.1) is 0 Å². The Morgan fingerprint density at radius 1 is 1.53 bits per heavy atom. The molecule has 0 saturated heterocycles. The summed E-state index contributed by atoms with van der Waals surface area (Å²) in [6.07, 6.45) is 1.64. The van der Waals surface area contributed by atoms with Crippen LogP contribution in [-0.2, 0) is 0 Å². The number of hydrogen-bond acceptors (Lipinski definition) is 3. The molecule has 17 heavy (non-hydrogen) atoms. The summed E-state index contributed by atoms with van der Waals surface area (Å²) >= 11 is 3.30. The van der Waals surface area contributed by atoms with E-state index in [2.05, 4.69) is 31.4 Å². The highest BCUT2D eigenvalue weighted by Gasteiger charge is 2.12. The number of benzene rings is 1. The van der Waals surface area contributed by atoms with Gasteiger partial charge in [-0.3, -0.25) is 9.89 Å². The molecule has 0 aliphatic carbocycles. The second kappa shape index (κ2) is 4.58. The number of nitrogens with two attached hydrogens (primary N) is 1. The maximum atomic E-state index is 12.0. The standard InChI is InChI=1S/C11H11BrN4O/c1-6-5-14-16-10(6)15-11(17)8-4-7(12)2-3-9(8)13/h2-5H,13H2,1H3,(H2,14,15,16,17). The molecule has 2 rings (SSSR count). The number of carbonyl (C=O) groups is 1. The maximum Gasteiger partial charge on any atom is 0.258 e. The summed E-state index contributed by atoms with van der Waals surface area (Å²) in [4.78, 5) is 12.0. The molecule has 0 bridgehead atoms. The Morgan fingerprint density at radius 2 is 2.29 bits per heavy atom. The minimum Gasteiger partial charge on any atom is -0.398 e. The lowest BCUT2D eigenvalue weighted by Crippen LogP contribution is -2.14. The largest absolute Gasteiger partial charge is 0.398 e. The van der Waals surface area contributed by atoms with Crippen molar-refractivity contribution in [2.75, 3.05) is 11.1 Å². The third kappa shape index (κ3) is 2.47. The Labute approximate surface area is 107 Å². The molecule has 1 heterocycles. The summed E-state index contributed by atoms with van der Waals surface area (Å²) < 4.78 is 0.804. The van der Waals surface area contributed by atoms with Crippen molar-refractivity contribution in [3.63, 3.8) is 0 Å². The highest BCUT2D eigenvalue weighted by atomic mass is 79.9. The summed E-state index contributed by atoms with van der Waals surface area (Å²) in [5.41, 5.74) is 7.48. The molecule has 5 nitrogen and oxygen atoms in total. The fourth-order valence-electron chi connectivity index (χ4n) is 1.38. The number of carbonyl (C=O) groups excluding carboxylic acids is 1. The molecular weight excluding hydrogens is 284 g/mol. The van der Waals surface area contributed by atoms with Crippen LogP contribution in [0.5, 0.6) is 0 Å². The Kier molecular flexibility index (Phi) is 3.14. The quantitative estimate of drug-likeness (QED) is 0.743. The number of nitrogens with zero attached hydrogens (tertiary/aromatic N) is 1. The molecule has 0 aliphatic heterocycles. The number of nitrogens with one attached hydrogen (secondary N) is 2. The Bertz CT molecular complexity index is 564. The number of aromatic nitrogens is 2. The average Bonchev–Trinajstić information content (AvgIpc) is 2.68. The first-order valence-electron chi connectivity index (χ1n) is 4.94. The van der Waals surface area contributed by atoms with Gasteiger partial charge in [-0.05, 0) is 25.1 Å². The lowest BCUT2D eigenvalue weighted by atomic mass is 10.1. The maximum absolute atomic E-state index is 12.0. The van der Waals surface area contributed by atoms with E-state index in [-0.39, 0.29) is 5.91 Å². The van der Waals surface area contributed by atoms with Gasteiger partial charge in [0.2, 0.25) is 0 Å². The van der Waals surface area contributed by atoms with Crippen molar-refractivity contribution in [1.82, 2.24) is 10.2 Å². The van der Waals surface area contributed by atoms with Crippen LogP contribution in [-0.4, -0.2) is 16.1 Å². The normalized spacial score (nSPS) is 10.2. The zero-order chi connectivity index (χ0) is 12.4. The van der Waals surface area contributed by atoms with Crippen molar-refractivity contribution in [2.45, 2.75) is 6.92 Å². The van der Waals surface area contributed by atoms with Crippen molar-refractivity contribution in [3.05, 3.63) is 40.0 Å². The number of aryl methyl sites for hydroxylation is 1. The van der Waals surface area contributed by atoms with Crippen molar-refractivity contribution >= 4 is 33.3 Å². The number of aromatic amines is 1. The molecule has 0 aliphatic rings. The van der Waals surface area contributed by atoms with E-state index in [1.165, 1.54) is 0 Å². The summed E-state index contributed by atoms with van der Waals surface area (Å²) in [5.74, 6) is 0.311. The van der Waals surface area contributed by atoms with Crippen LogP contribution in [0, 0.1) is 6.92 Å². The van der Waals surface area contributed by atoms with Gasteiger partial charge in [0.25, 0.3) is 5.91 Å². The fourth-order valence-corrected chi connectivity index (χ4v) is 1.74. The van der Waals surface area contributed by atoms with Gasteiger partial charge in [-0.25, -0.2) is 0 Å². The van der Waals surface area contributed by atoms with E-state index >= 15 is 0 Å². The van der Waals surface area contributed by atoms with E-state index in [1.807, 2.05) is 6.92 Å². The summed E-state index contributed by atoms with van der Waals surface area (Å²) in [7, 11) is 0. The monoisotopic (exact) mass is 294 g/mol. The topological polar surface area (TPSA) is 83.8 Å². The van der Waals surface area contributed by atoms with Gasteiger partial charge in [0.1, 0.15) is 5.82 Å². The van der Waals surface area contributed by atoms with Gasteiger partial charge in [-0.1, -0.05) is 15.9 Å². The van der Waals surface area contributed by atoms with Gasteiger partial charge >= 0.3 is 0 Å². The molecule has 0 unspecified atom stereocenters. The van der Waals surface area contributed by atoms with E-state index in [9.17, 15) is 4.79 Å². The fraction of sp³-hybridized carbons (Fsp3) is 0.0909. The number of amides is 1. The van der Waals surface area contributed by atoms with Crippen LogP contribution >= 0.6 is 15.9 Å². The third-order valence-corrected chi connectivity index (χ3v) is 2.82. The number of anilines is 2. The third-order valence-electron chi connectivity index (χ3n) is 2.33. The highest BCUT2D eigenvalue weighted by molar-refractivity contribution is 9.10. The lowest BCUT2D eigenvalue weighted by Gasteiger charge is -2.07. The van der Waals surface area contributed by atoms with Crippen molar-refractivity contribution in [2.24, 2.45) is 0 Å². The number of H-pyrrole nitrogens is 1. The lowest BCUT2D eigenvalue weighted by molar-refractivity contribution is 0.102. The van der Waals surface area contributed by atoms with Crippen LogP contribution in [0.2, 0.25) is 0 Å². The molecule has 0 atom stereocenters. The first kappa shape index (κ1) is 11.7. The first-order valence-corrected chi connectivity index (χ1v) is 5.73. The van der Waals surface area contributed by atoms with E-state index in [0.717, 1.165) is 10.0 Å². The Morgan fingerprint density at radius 3 is 2.94 bits per heavy atom. The van der Waals surface area contributed by atoms with Gasteiger partial charge < -0.3 is 11.1 Å². The van der Waals surface area contributed by atoms with Gasteiger partial charge in [-0.2, -0.15) is 5.10 Å². The number of hydrogen-bond donors (Lipinski definition) is 3. The predicted molar refractivity (Wildman–Crippen MR) is 69.8 cm³/mol. The first-order chi connectivity index (χ1) is 8.08. The molecule has 0 fully saturated rings. The smallest absolute Gasteiger partial charge is 0.258 e. The van der Waals surface area contributed by atoms with Crippen LogP contribution in [0.3, 0.4) is 0 Å². The van der Waals surface area contributed by atoms with Crippen LogP contribution in [0.15, 0.2) is 28.9 Å². The number of nitrogen functional groups attached to an aromatic ring is 1. The van der Waals surface area contributed by atoms with Crippen LogP contribution in [0.1, 0.15) is 15.9 Å². The van der Waals surface area contributed by atoms with E-state index in [0.29, 0.717) is 17.1 Å². The van der Waals surface area contributed by atoms with Crippen molar-refractivity contribution in [1.29, 1.82) is 0 Å². The molecule has 0 radical (unpaired) electrons. The summed E-state index contributed by atoms with van der Waals surface area (Å²) in [5, 5.41) is 9.25. The molecule has 1 aromatic heterocycles. The second-order valence-corrected chi connectivity index (χ2v) is 4.53. The molecule has 0 spiro atoms. The minimum atomic E-state index is -0.267. The zero-order valence-electron chi connectivity index (χ0n) is 9.12. The Hall–Kier alpha value is -1.82. The zero-order valence-corrected chi connectivity index (χ0v) is 10.7. The predicted octanol–water partition coefficient (Wildman–Crippen LogP) is 2.32. The van der Waals surface area contributed by atoms with Gasteiger partial charge in [0.15, 0.2) is 0 Å². The van der Waals surface area contributed by atoms with Crippen LogP contribution < -0.4 is 11.1 Å². The van der Waals surface area contributed by atoms with Crippen molar-refractivity contribution in [3.8, 4) is 0 Å². The number of halogens is 1. The van der Waals surface area contributed by atoms with Crippen LogP contribution in [0.25, 0.3) is 0 Å². The van der Waals surface area contributed by atoms with E-state index in [1.54, 1.807) is 24.4 Å². The molecule has 1 aromatic carbocycles. The SMILES string of the molecule is Cc1cn[nH]c1NC(=O)c1cc(Br)ccc1N. The number of rotatable bonds is 2. The Balaban J connectivity index is 2.26. The van der Waals surface area contributed by atoms with E-state index in [4.69, 9.17) is 5.73 Å². The molecule has 2 aromatic rings. The molecule has 4 N–H and O–H groups in total. The highest BCUT2D eigenvalue weighted by Crippen LogP contribution is 2.20. The minimum absolute atomic E-state index is 0.267. The van der Waals surface area contributed by atoms with Crippen LogP contribution in [0.4, 0.5) is 11.5 Å². The molecular formula is C11H11BrN4O. The summed E-state index contributed by atoms with van der Waals surface area (Å²) in [6.45, 7) is 1.85. The van der Waals surface area contributed by atoms with E-state index < -0.39 is 0 Å². The van der Waals surface area contributed by atoms with Crippen molar-refractivity contribution < 1.29 is 4.79 Å². The molecule has 1 amide bonds. The second-order valence-electron chi connectivity index (χ2n) is 3.61. The summed E-state index contributed by atoms with van der Waals surface area (Å²) in [6, 6.07) is 5.14. The molecule has 88 valence electrons. The average molecular weight is 295 g/mol. The molecule has 0 saturated carbocycles. The van der Waals surface area contributed by atoms with Gasteiger partial charge in [0, 0.05) is 15.7 Å². The van der Waals surface area contributed by atoms with Gasteiger partial charge in [0.05, 0.1) is 11.8 Å². The molecule has 6 heteroatoms.